The Morgan fingerprint density at radius 1 is 1.00 bits per heavy atom. The van der Waals surface area contributed by atoms with Gasteiger partial charge in [0.05, 0.1) is 25.0 Å². The van der Waals surface area contributed by atoms with Gasteiger partial charge in [0.25, 0.3) is 5.91 Å². The Labute approximate surface area is 160 Å². The lowest BCUT2D eigenvalue weighted by atomic mass is 10.2. The monoisotopic (exact) mass is 368 g/mol. The van der Waals surface area contributed by atoms with E-state index >= 15 is 0 Å². The summed E-state index contributed by atoms with van der Waals surface area (Å²) in [5.41, 5.74) is 1.26. The Morgan fingerprint density at radius 2 is 1.59 bits per heavy atom. The van der Waals surface area contributed by atoms with Gasteiger partial charge in [-0.3, -0.25) is 4.79 Å². The largest absolute Gasteiger partial charge is 0.491 e. The van der Waals surface area contributed by atoms with E-state index in [9.17, 15) is 10.2 Å². The maximum atomic E-state index is 12.6. The molecule has 6 nitrogen and oxygen atoms in total. The van der Waals surface area contributed by atoms with Crippen molar-refractivity contribution in [3.05, 3.63) is 53.0 Å². The van der Waals surface area contributed by atoms with Gasteiger partial charge in [0.1, 0.15) is 0 Å². The van der Waals surface area contributed by atoms with Gasteiger partial charge in [-0.15, -0.1) is 0 Å². The highest BCUT2D eigenvalue weighted by atomic mass is 16.5. The molecule has 0 fully saturated rings. The quantitative estimate of drug-likeness (QED) is 0.625. The molecule has 0 aliphatic carbocycles. The van der Waals surface area contributed by atoms with Gasteiger partial charge in [0, 0.05) is 11.6 Å². The third-order valence-corrected chi connectivity index (χ3v) is 3.60. The van der Waals surface area contributed by atoms with Gasteiger partial charge in [-0.1, -0.05) is 45.9 Å². The first-order valence-corrected chi connectivity index (χ1v) is 9.05. The first-order chi connectivity index (χ1) is 12.9. The molecule has 0 saturated heterocycles. The first-order valence-electron chi connectivity index (χ1n) is 9.05. The molecule has 1 amide bonds. The van der Waals surface area contributed by atoms with Crippen LogP contribution in [0, 0.1) is 17.2 Å². The summed E-state index contributed by atoms with van der Waals surface area (Å²) in [5.74, 6) is 1.16. The van der Waals surface area contributed by atoms with E-state index in [1.807, 2.05) is 33.8 Å². The molecule has 0 aliphatic heterocycles. The average molecular weight is 368 g/mol. The number of rotatable bonds is 8. The third kappa shape index (κ3) is 6.00. The molecule has 0 radical (unpaired) electrons. The molecule has 142 valence electrons. The second-order valence-corrected chi connectivity index (χ2v) is 7.15. The number of amides is 1. The van der Waals surface area contributed by atoms with Crippen LogP contribution in [-0.2, 0) is 0 Å². The van der Waals surface area contributed by atoms with Crippen molar-refractivity contribution in [2.24, 2.45) is 11.8 Å². The Kier molecular flexibility index (Phi) is 7.18. The van der Waals surface area contributed by atoms with E-state index in [4.69, 9.17) is 9.47 Å². The van der Waals surface area contributed by atoms with Gasteiger partial charge in [-0.2, -0.15) is 0 Å². The zero-order chi connectivity index (χ0) is 19.8. The Balaban J connectivity index is 2.36. The van der Waals surface area contributed by atoms with Crippen LogP contribution in [0.15, 0.2) is 42.5 Å². The minimum absolute atomic E-state index is 0.256. The summed E-state index contributed by atoms with van der Waals surface area (Å²) in [6.07, 6.45) is 0. The van der Waals surface area contributed by atoms with Crippen molar-refractivity contribution in [1.82, 2.24) is 0 Å². The van der Waals surface area contributed by atoms with Crippen molar-refractivity contribution in [3.63, 3.8) is 0 Å². The summed E-state index contributed by atoms with van der Waals surface area (Å²) in [4.78, 5) is 15.9. The molecule has 0 atom stereocenters. The molecule has 0 aliphatic rings. The summed E-state index contributed by atoms with van der Waals surface area (Å²) in [5, 5.41) is 12.2. The van der Waals surface area contributed by atoms with Crippen LogP contribution in [0.2, 0.25) is 0 Å². The van der Waals surface area contributed by atoms with Gasteiger partial charge in [0.15, 0.2) is 10.7 Å². The van der Waals surface area contributed by atoms with Crippen LogP contribution in [-0.4, -0.2) is 19.1 Å². The van der Waals surface area contributed by atoms with Crippen molar-refractivity contribution in [3.8, 4) is 11.5 Å². The number of hydrogen-bond donors (Lipinski definition) is 1. The molecule has 0 saturated carbocycles. The minimum atomic E-state index is -0.256. The summed E-state index contributed by atoms with van der Waals surface area (Å²) >= 11 is 0. The van der Waals surface area contributed by atoms with E-state index in [2.05, 4.69) is 10.3 Å². The molecule has 6 heteroatoms. The molecule has 2 rings (SSSR count). The van der Waals surface area contributed by atoms with E-state index < -0.39 is 0 Å². The highest BCUT2D eigenvalue weighted by Crippen LogP contribution is 2.39. The zero-order valence-electron chi connectivity index (χ0n) is 16.2. The number of carbonyl (C=O) groups is 1. The number of nitrogens with zero attached hydrogens (tertiary/aromatic N) is 2. The molecule has 0 heterocycles. The van der Waals surface area contributed by atoms with E-state index in [1.165, 1.54) is 0 Å². The average Bonchev–Trinajstić information content (AvgIpc) is 2.65. The molecule has 0 bridgehead atoms. The lowest BCUT2D eigenvalue weighted by molar-refractivity contribution is 0.102. The summed E-state index contributed by atoms with van der Waals surface area (Å²) in [7, 11) is 0. The van der Waals surface area contributed by atoms with Crippen LogP contribution in [0.5, 0.6) is 11.5 Å². The Morgan fingerprint density at radius 3 is 2.15 bits per heavy atom. The Bertz CT molecular complexity index is 811. The maximum Gasteiger partial charge on any atom is 0.430 e. The van der Waals surface area contributed by atoms with Crippen LogP contribution in [0.1, 0.15) is 38.1 Å². The molecule has 2 aromatic carbocycles. The van der Waals surface area contributed by atoms with Crippen molar-refractivity contribution in [2.75, 3.05) is 18.5 Å². The first kappa shape index (κ1) is 20.2. The van der Waals surface area contributed by atoms with Crippen molar-refractivity contribution >= 4 is 17.3 Å². The van der Waals surface area contributed by atoms with E-state index in [1.54, 1.807) is 36.4 Å². The summed E-state index contributed by atoms with van der Waals surface area (Å²) in [6.45, 7) is 9.02. The predicted octanol–water partition coefficient (Wildman–Crippen LogP) is 5.49. The van der Waals surface area contributed by atoms with Crippen molar-refractivity contribution < 1.29 is 14.3 Å². The normalized spacial score (nSPS) is 10.6. The van der Waals surface area contributed by atoms with Crippen LogP contribution in [0.25, 0.3) is 4.98 Å². The minimum Gasteiger partial charge on any atom is -0.491 e. The molecule has 0 unspecified atom stereocenters. The van der Waals surface area contributed by atoms with Gasteiger partial charge < -0.3 is 14.8 Å². The SMILES string of the molecule is CC(C)COc1cc(NC(=O)c2ccccc2)c(OCC(C)C)cc1[N+]#N. The third-order valence-electron chi connectivity index (χ3n) is 3.60. The number of benzene rings is 2. The summed E-state index contributed by atoms with van der Waals surface area (Å²) in [6, 6.07) is 12.1. The maximum absolute atomic E-state index is 12.6. The van der Waals surface area contributed by atoms with Crippen molar-refractivity contribution in [2.45, 2.75) is 27.7 Å². The van der Waals surface area contributed by atoms with Crippen LogP contribution in [0.3, 0.4) is 0 Å². The number of hydrogen-bond acceptors (Lipinski definition) is 4. The van der Waals surface area contributed by atoms with Crippen molar-refractivity contribution in [1.29, 1.82) is 5.39 Å². The number of anilines is 1. The van der Waals surface area contributed by atoms with Crippen LogP contribution < -0.4 is 14.8 Å². The van der Waals surface area contributed by atoms with E-state index in [-0.39, 0.29) is 11.6 Å². The molecule has 0 aromatic heterocycles. The van der Waals surface area contributed by atoms with Crippen LogP contribution in [0.4, 0.5) is 11.4 Å². The number of ether oxygens (including phenoxy) is 2. The molecule has 1 N–H and O–H groups in total. The van der Waals surface area contributed by atoms with E-state index in [0.717, 1.165) is 0 Å². The molecular formula is C21H26N3O3+. The van der Waals surface area contributed by atoms with Gasteiger partial charge >= 0.3 is 5.69 Å². The number of nitrogens with one attached hydrogen (secondary N) is 1. The van der Waals surface area contributed by atoms with Crippen LogP contribution >= 0.6 is 0 Å². The highest BCUT2D eigenvalue weighted by molar-refractivity contribution is 6.05. The molecule has 0 spiro atoms. The van der Waals surface area contributed by atoms with Gasteiger partial charge in [-0.05, 0) is 24.0 Å². The van der Waals surface area contributed by atoms with Gasteiger partial charge in [0.2, 0.25) is 11.1 Å². The second kappa shape index (κ2) is 9.58. The molecular weight excluding hydrogens is 342 g/mol. The lowest BCUT2D eigenvalue weighted by Crippen LogP contribution is -2.14. The number of diazo groups is 1. The van der Waals surface area contributed by atoms with E-state index in [0.29, 0.717) is 47.8 Å². The highest BCUT2D eigenvalue weighted by Gasteiger charge is 2.23. The second-order valence-electron chi connectivity index (χ2n) is 7.15. The van der Waals surface area contributed by atoms with Gasteiger partial charge in [-0.25, -0.2) is 0 Å². The predicted molar refractivity (Wildman–Crippen MR) is 106 cm³/mol. The number of carbonyl (C=O) groups excluding carboxylic acids is 1. The standard InChI is InChI=1S/C21H25N3O3/c1-14(2)12-26-19-11-18(24-22)20(27-13-15(3)4)10-17(19)23-21(25)16-8-6-5-7-9-16/h5-11,14-15H,12-13H2,1-4H3/p+1. The lowest BCUT2D eigenvalue weighted by Gasteiger charge is -2.15. The fraction of sp³-hybridized carbons (Fsp3) is 0.381. The zero-order valence-corrected chi connectivity index (χ0v) is 16.2. The summed E-state index contributed by atoms with van der Waals surface area (Å²) < 4.78 is 11.6. The fourth-order valence-corrected chi connectivity index (χ4v) is 2.26. The fourth-order valence-electron chi connectivity index (χ4n) is 2.26. The molecule has 27 heavy (non-hydrogen) atoms. The Hall–Kier alpha value is -3.07. The smallest absolute Gasteiger partial charge is 0.430 e. The molecule has 2 aromatic rings. The topological polar surface area (TPSA) is 75.7 Å².